The van der Waals surface area contributed by atoms with Crippen LogP contribution in [0, 0.1) is 0 Å². The zero-order valence-corrected chi connectivity index (χ0v) is 16.1. The number of piperazine rings is 1. The number of aromatic nitrogens is 4. The minimum absolute atomic E-state index is 0.116. The van der Waals surface area contributed by atoms with Gasteiger partial charge in [0.15, 0.2) is 0 Å². The molecule has 0 spiro atoms. The van der Waals surface area contributed by atoms with Crippen LogP contribution in [0.25, 0.3) is 16.6 Å². The molecule has 3 aliphatic rings. The van der Waals surface area contributed by atoms with Crippen molar-refractivity contribution in [3.8, 4) is 11.1 Å². The van der Waals surface area contributed by atoms with Crippen molar-refractivity contribution in [2.24, 2.45) is 7.05 Å². The number of hydrogen-bond donors (Lipinski definition) is 1. The van der Waals surface area contributed by atoms with Crippen LogP contribution in [0.2, 0.25) is 0 Å². The Morgan fingerprint density at radius 1 is 1.00 bits per heavy atom. The maximum atomic E-state index is 10.2. The number of rotatable bonds is 3. The van der Waals surface area contributed by atoms with E-state index in [-0.39, 0.29) is 6.10 Å². The molecule has 7 heteroatoms. The maximum Gasteiger partial charge on any atom is 0.0886 e. The summed E-state index contributed by atoms with van der Waals surface area (Å²) in [6, 6.07) is 5.88. The standard InChI is InChI=1S/C21H26N6O/c1-24-10-15(9-23-24)14-8-20-18(6-7-22-26(20)11-14)25-12-16-2-3-17(13-25)27(16)19-4-5-21(19)28/h6-11,16-17,19,21,28H,2-5,12-13H2,1H3/t16?,17?,19-,21+/m0/s1. The van der Waals surface area contributed by atoms with Crippen molar-refractivity contribution in [2.45, 2.75) is 49.9 Å². The van der Waals surface area contributed by atoms with Gasteiger partial charge in [0.05, 0.1) is 23.5 Å². The van der Waals surface area contributed by atoms with E-state index in [2.05, 4.69) is 38.3 Å². The summed E-state index contributed by atoms with van der Waals surface area (Å²) >= 11 is 0. The smallest absolute Gasteiger partial charge is 0.0886 e. The normalized spacial score (nSPS) is 30.1. The topological polar surface area (TPSA) is 61.8 Å². The highest BCUT2D eigenvalue weighted by Crippen LogP contribution is 2.40. The Kier molecular flexibility index (Phi) is 3.58. The maximum absolute atomic E-state index is 10.2. The van der Waals surface area contributed by atoms with E-state index < -0.39 is 0 Å². The summed E-state index contributed by atoms with van der Waals surface area (Å²) in [5, 5.41) is 19.0. The van der Waals surface area contributed by atoms with E-state index in [1.807, 2.05) is 34.8 Å². The number of anilines is 1. The third-order valence-corrected chi connectivity index (χ3v) is 6.99. The third kappa shape index (κ3) is 2.42. The zero-order chi connectivity index (χ0) is 18.8. The number of nitrogens with zero attached hydrogens (tertiary/aromatic N) is 6. The molecule has 6 rings (SSSR count). The number of aryl methyl sites for hydroxylation is 1. The highest BCUT2D eigenvalue weighted by atomic mass is 16.3. The molecule has 2 bridgehead atoms. The van der Waals surface area contributed by atoms with Gasteiger partial charge in [-0.3, -0.25) is 9.58 Å². The fourth-order valence-electron chi connectivity index (χ4n) is 5.48. The van der Waals surface area contributed by atoms with Crippen molar-refractivity contribution in [3.63, 3.8) is 0 Å². The molecule has 1 N–H and O–H groups in total. The van der Waals surface area contributed by atoms with Crippen LogP contribution in [-0.2, 0) is 7.05 Å². The molecule has 0 radical (unpaired) electrons. The molecule has 3 aromatic rings. The Bertz CT molecular complexity index is 1010. The van der Waals surface area contributed by atoms with E-state index in [0.29, 0.717) is 18.1 Å². The average molecular weight is 378 g/mol. The van der Waals surface area contributed by atoms with E-state index >= 15 is 0 Å². The molecule has 1 aliphatic carbocycles. The van der Waals surface area contributed by atoms with E-state index in [9.17, 15) is 5.11 Å². The summed E-state index contributed by atoms with van der Waals surface area (Å²) in [4.78, 5) is 5.18. The lowest BCUT2D eigenvalue weighted by Crippen LogP contribution is -2.62. The molecule has 4 atom stereocenters. The minimum atomic E-state index is -0.116. The first-order valence-electron chi connectivity index (χ1n) is 10.3. The summed E-state index contributed by atoms with van der Waals surface area (Å²) in [6.45, 7) is 2.07. The lowest BCUT2D eigenvalue weighted by molar-refractivity contribution is -0.0472. The average Bonchev–Trinajstić information content (AvgIpc) is 3.36. The van der Waals surface area contributed by atoms with Gasteiger partial charge in [0, 0.05) is 68.0 Å². The highest BCUT2D eigenvalue weighted by molar-refractivity contribution is 5.79. The third-order valence-electron chi connectivity index (χ3n) is 6.99. The number of hydrogen-bond acceptors (Lipinski definition) is 5. The van der Waals surface area contributed by atoms with Gasteiger partial charge in [0.1, 0.15) is 0 Å². The van der Waals surface area contributed by atoms with Crippen molar-refractivity contribution >= 4 is 11.2 Å². The number of fused-ring (bicyclic) bond motifs is 3. The zero-order valence-electron chi connectivity index (χ0n) is 16.1. The lowest BCUT2D eigenvalue weighted by atomic mass is 9.86. The van der Waals surface area contributed by atoms with Gasteiger partial charge in [-0.1, -0.05) is 0 Å². The summed E-state index contributed by atoms with van der Waals surface area (Å²) in [7, 11) is 1.94. The number of aliphatic hydroxyl groups excluding tert-OH is 1. The first kappa shape index (κ1) is 16.6. The van der Waals surface area contributed by atoms with Crippen molar-refractivity contribution in [2.75, 3.05) is 18.0 Å². The second kappa shape index (κ2) is 6.06. The molecule has 146 valence electrons. The molecular formula is C21H26N6O. The van der Waals surface area contributed by atoms with E-state index in [1.54, 1.807) is 0 Å². The van der Waals surface area contributed by atoms with Crippen LogP contribution in [-0.4, -0.2) is 66.7 Å². The Morgan fingerprint density at radius 3 is 2.46 bits per heavy atom. The summed E-state index contributed by atoms with van der Waals surface area (Å²) < 4.78 is 3.82. The van der Waals surface area contributed by atoms with Gasteiger partial charge < -0.3 is 10.0 Å². The molecule has 2 unspecified atom stereocenters. The van der Waals surface area contributed by atoms with Crippen molar-refractivity contribution < 1.29 is 5.11 Å². The van der Waals surface area contributed by atoms with Crippen molar-refractivity contribution in [3.05, 3.63) is 36.9 Å². The van der Waals surface area contributed by atoms with Gasteiger partial charge in [0.2, 0.25) is 0 Å². The Morgan fingerprint density at radius 2 is 1.82 bits per heavy atom. The van der Waals surface area contributed by atoms with E-state index in [4.69, 9.17) is 0 Å². The molecule has 1 saturated carbocycles. The summed E-state index contributed by atoms with van der Waals surface area (Å²) in [5.41, 5.74) is 4.67. The SMILES string of the molecule is Cn1cc(-c2cc3c(N4CC5CCC(C4)N5[C@H]4CC[C@H]4O)ccnn3c2)cn1. The van der Waals surface area contributed by atoms with Crippen LogP contribution in [0.5, 0.6) is 0 Å². The quantitative estimate of drug-likeness (QED) is 0.754. The van der Waals surface area contributed by atoms with E-state index in [0.717, 1.165) is 42.6 Å². The molecule has 5 heterocycles. The Labute approximate surface area is 164 Å². The molecule has 0 amide bonds. The molecule has 2 aliphatic heterocycles. The van der Waals surface area contributed by atoms with Crippen LogP contribution >= 0.6 is 0 Å². The summed E-state index contributed by atoms with van der Waals surface area (Å²) in [5.74, 6) is 0. The van der Waals surface area contributed by atoms with Crippen LogP contribution in [0.4, 0.5) is 5.69 Å². The Hall–Kier alpha value is -2.38. The Balaban J connectivity index is 1.32. The molecule has 28 heavy (non-hydrogen) atoms. The van der Waals surface area contributed by atoms with Gasteiger partial charge in [-0.2, -0.15) is 10.2 Å². The number of aliphatic hydroxyl groups is 1. The van der Waals surface area contributed by atoms with Crippen molar-refractivity contribution in [1.82, 2.24) is 24.3 Å². The minimum Gasteiger partial charge on any atom is -0.391 e. The monoisotopic (exact) mass is 378 g/mol. The molecular weight excluding hydrogens is 352 g/mol. The fourth-order valence-corrected chi connectivity index (χ4v) is 5.48. The lowest BCUT2D eigenvalue weighted by Gasteiger charge is -2.50. The largest absolute Gasteiger partial charge is 0.391 e. The predicted octanol–water partition coefficient (Wildman–Crippen LogP) is 1.91. The molecule has 7 nitrogen and oxygen atoms in total. The first-order chi connectivity index (χ1) is 13.7. The first-order valence-corrected chi connectivity index (χ1v) is 10.3. The highest BCUT2D eigenvalue weighted by Gasteiger charge is 2.47. The molecule has 3 fully saturated rings. The molecule has 0 aromatic carbocycles. The van der Waals surface area contributed by atoms with Crippen LogP contribution in [0.3, 0.4) is 0 Å². The van der Waals surface area contributed by atoms with Crippen LogP contribution in [0.15, 0.2) is 36.9 Å². The van der Waals surface area contributed by atoms with Gasteiger partial charge in [-0.25, -0.2) is 4.52 Å². The second-order valence-corrected chi connectivity index (χ2v) is 8.63. The predicted molar refractivity (Wildman–Crippen MR) is 107 cm³/mol. The van der Waals surface area contributed by atoms with Gasteiger partial charge in [-0.15, -0.1) is 0 Å². The van der Waals surface area contributed by atoms with Gasteiger partial charge in [0.25, 0.3) is 0 Å². The molecule has 2 saturated heterocycles. The second-order valence-electron chi connectivity index (χ2n) is 8.63. The van der Waals surface area contributed by atoms with Gasteiger partial charge in [-0.05, 0) is 37.8 Å². The van der Waals surface area contributed by atoms with Crippen LogP contribution in [0.1, 0.15) is 25.7 Å². The van der Waals surface area contributed by atoms with Crippen molar-refractivity contribution in [1.29, 1.82) is 0 Å². The van der Waals surface area contributed by atoms with E-state index in [1.165, 1.54) is 18.5 Å². The summed E-state index contributed by atoms with van der Waals surface area (Å²) in [6.07, 6.45) is 12.4. The van der Waals surface area contributed by atoms with Crippen LogP contribution < -0.4 is 4.90 Å². The van der Waals surface area contributed by atoms with Gasteiger partial charge >= 0.3 is 0 Å². The molecule has 3 aromatic heterocycles. The fraction of sp³-hybridized carbons (Fsp3) is 0.524.